The molecule has 0 heterocycles. The molecular formula is C10H13ClNO3+. The SMILES string of the molecule is CC(C)(COc1ccccc1Cl)[N+](=O)O. The van der Waals surface area contributed by atoms with Gasteiger partial charge in [0, 0.05) is 13.8 Å². The van der Waals surface area contributed by atoms with Crippen LogP contribution in [0.5, 0.6) is 5.75 Å². The van der Waals surface area contributed by atoms with Crippen LogP contribution in [-0.2, 0) is 0 Å². The molecule has 0 amide bonds. The quantitative estimate of drug-likeness (QED) is 0.809. The third-order valence-corrected chi connectivity index (χ3v) is 2.25. The van der Waals surface area contributed by atoms with Gasteiger partial charge in [-0.1, -0.05) is 23.7 Å². The number of ether oxygens (including phenoxy) is 1. The van der Waals surface area contributed by atoms with Crippen LogP contribution < -0.4 is 4.74 Å². The molecule has 1 N–H and O–H groups in total. The first-order valence-corrected chi connectivity index (χ1v) is 4.85. The van der Waals surface area contributed by atoms with E-state index in [2.05, 4.69) is 0 Å². The second kappa shape index (κ2) is 4.49. The topological polar surface area (TPSA) is 49.5 Å². The maximum Gasteiger partial charge on any atom is 0.293 e. The van der Waals surface area contributed by atoms with Crippen molar-refractivity contribution in [2.24, 2.45) is 0 Å². The average molecular weight is 231 g/mol. The molecule has 0 aliphatic rings. The van der Waals surface area contributed by atoms with E-state index >= 15 is 0 Å². The molecular weight excluding hydrogens is 218 g/mol. The molecule has 0 spiro atoms. The number of hydrogen-bond donors (Lipinski definition) is 1. The second-order valence-electron chi connectivity index (χ2n) is 3.80. The fourth-order valence-electron chi connectivity index (χ4n) is 0.871. The van der Waals surface area contributed by atoms with Crippen molar-refractivity contribution in [3.05, 3.63) is 34.2 Å². The summed E-state index contributed by atoms with van der Waals surface area (Å²) in [6.07, 6.45) is 0. The van der Waals surface area contributed by atoms with Gasteiger partial charge in [0.25, 0.3) is 5.54 Å². The molecule has 0 aliphatic heterocycles. The highest BCUT2D eigenvalue weighted by atomic mass is 35.5. The number of nitrogens with zero attached hydrogens (tertiary/aromatic N) is 1. The van der Waals surface area contributed by atoms with Crippen LogP contribution in [0.4, 0.5) is 0 Å². The molecule has 0 aromatic heterocycles. The third kappa shape index (κ3) is 3.09. The molecule has 0 radical (unpaired) electrons. The lowest BCUT2D eigenvalue weighted by Gasteiger charge is -2.13. The van der Waals surface area contributed by atoms with E-state index in [0.29, 0.717) is 10.8 Å². The zero-order valence-corrected chi connectivity index (χ0v) is 9.36. The van der Waals surface area contributed by atoms with E-state index in [4.69, 9.17) is 21.5 Å². The van der Waals surface area contributed by atoms with E-state index in [1.54, 1.807) is 38.1 Å². The Morgan fingerprint density at radius 3 is 2.60 bits per heavy atom. The van der Waals surface area contributed by atoms with Crippen molar-refractivity contribution >= 4 is 11.6 Å². The molecule has 1 rings (SSSR count). The highest BCUT2D eigenvalue weighted by Gasteiger charge is 2.37. The standard InChI is InChI=1S/C10H13ClNO3/c1-10(2,12(13)14)7-15-9-6-4-3-5-8(9)11/h3-6H,7H2,1-2H3,(H,13,14)/q+1. The van der Waals surface area contributed by atoms with Crippen molar-refractivity contribution in [3.63, 3.8) is 0 Å². The highest BCUT2D eigenvalue weighted by Crippen LogP contribution is 2.24. The molecule has 1 aromatic carbocycles. The van der Waals surface area contributed by atoms with E-state index < -0.39 is 5.54 Å². The van der Waals surface area contributed by atoms with Gasteiger partial charge in [0.1, 0.15) is 5.75 Å². The van der Waals surface area contributed by atoms with E-state index in [9.17, 15) is 4.91 Å². The predicted molar refractivity (Wildman–Crippen MR) is 56.4 cm³/mol. The Balaban J connectivity index is 2.66. The molecule has 0 atom stereocenters. The minimum Gasteiger partial charge on any atom is -0.484 e. The Morgan fingerprint density at radius 1 is 1.47 bits per heavy atom. The number of para-hydroxylation sites is 1. The first-order valence-electron chi connectivity index (χ1n) is 4.47. The van der Waals surface area contributed by atoms with Gasteiger partial charge in [-0.25, -0.2) is 5.21 Å². The molecule has 5 heteroatoms. The summed E-state index contributed by atoms with van der Waals surface area (Å²) in [7, 11) is 0. The van der Waals surface area contributed by atoms with Gasteiger partial charge in [-0.3, -0.25) is 0 Å². The van der Waals surface area contributed by atoms with Crippen LogP contribution in [0.15, 0.2) is 24.3 Å². The first kappa shape index (κ1) is 11.8. The smallest absolute Gasteiger partial charge is 0.293 e. The van der Waals surface area contributed by atoms with Crippen LogP contribution >= 0.6 is 11.6 Å². The minimum atomic E-state index is -1.00. The molecule has 0 unspecified atom stereocenters. The zero-order chi connectivity index (χ0) is 11.5. The molecule has 4 nitrogen and oxygen atoms in total. The van der Waals surface area contributed by atoms with Crippen LogP contribution in [0.1, 0.15) is 13.8 Å². The molecule has 1 aromatic rings. The Hall–Kier alpha value is -1.29. The molecule has 0 saturated heterocycles. The molecule has 0 aliphatic carbocycles. The molecule has 0 fully saturated rings. The Kier molecular flexibility index (Phi) is 3.52. The van der Waals surface area contributed by atoms with Crippen molar-refractivity contribution in [1.82, 2.24) is 0 Å². The lowest BCUT2D eigenvalue weighted by atomic mass is 10.1. The summed E-state index contributed by atoms with van der Waals surface area (Å²) in [6.45, 7) is 3.18. The van der Waals surface area contributed by atoms with Crippen LogP contribution in [-0.4, -0.2) is 22.3 Å². The van der Waals surface area contributed by atoms with Gasteiger partial charge in [0.05, 0.1) is 9.93 Å². The maximum absolute atomic E-state index is 10.7. The second-order valence-corrected chi connectivity index (χ2v) is 4.21. The van der Waals surface area contributed by atoms with Gasteiger partial charge in [-0.15, -0.1) is 0 Å². The first-order chi connectivity index (χ1) is 6.93. The van der Waals surface area contributed by atoms with Gasteiger partial charge >= 0.3 is 0 Å². The summed E-state index contributed by atoms with van der Waals surface area (Å²) < 4.78 is 5.33. The third-order valence-electron chi connectivity index (χ3n) is 1.94. The summed E-state index contributed by atoms with van der Waals surface area (Å²) in [5.41, 5.74) is -1.00. The molecule has 0 bridgehead atoms. The van der Waals surface area contributed by atoms with Crippen molar-refractivity contribution in [2.45, 2.75) is 19.4 Å². The summed E-state index contributed by atoms with van der Waals surface area (Å²) in [6, 6.07) is 6.96. The number of halogens is 1. The van der Waals surface area contributed by atoms with Crippen LogP contribution in [0.2, 0.25) is 5.02 Å². The van der Waals surface area contributed by atoms with Gasteiger partial charge < -0.3 is 4.74 Å². The fourth-order valence-corrected chi connectivity index (χ4v) is 1.06. The van der Waals surface area contributed by atoms with Gasteiger partial charge in [0.15, 0.2) is 6.61 Å². The zero-order valence-electron chi connectivity index (χ0n) is 8.61. The number of benzene rings is 1. The summed E-state index contributed by atoms with van der Waals surface area (Å²) in [5.74, 6) is 0.495. The van der Waals surface area contributed by atoms with Crippen LogP contribution in [0.25, 0.3) is 0 Å². The normalized spacial score (nSPS) is 11.1. The number of hydrogen-bond acceptors (Lipinski definition) is 2. The van der Waals surface area contributed by atoms with Crippen molar-refractivity contribution in [3.8, 4) is 5.75 Å². The van der Waals surface area contributed by atoms with E-state index in [1.165, 1.54) is 0 Å². The van der Waals surface area contributed by atoms with Crippen LogP contribution in [0, 0.1) is 4.91 Å². The summed E-state index contributed by atoms with van der Waals surface area (Å²) in [5, 5.41) is 9.27. The average Bonchev–Trinajstić information content (AvgIpc) is 2.16. The Labute approximate surface area is 93.0 Å². The summed E-state index contributed by atoms with van der Waals surface area (Å²) >= 11 is 5.85. The van der Waals surface area contributed by atoms with Crippen molar-refractivity contribution < 1.29 is 14.9 Å². The molecule has 82 valence electrons. The molecule has 0 saturated carbocycles. The summed E-state index contributed by atoms with van der Waals surface area (Å²) in [4.78, 5) is 10.6. The van der Waals surface area contributed by atoms with Gasteiger partial charge in [-0.05, 0) is 12.1 Å². The van der Waals surface area contributed by atoms with Crippen molar-refractivity contribution in [2.75, 3.05) is 6.61 Å². The van der Waals surface area contributed by atoms with Gasteiger partial charge in [0.2, 0.25) is 4.92 Å². The Morgan fingerprint density at radius 2 is 2.07 bits per heavy atom. The fraction of sp³-hybridized carbons (Fsp3) is 0.400. The minimum absolute atomic E-state index is 0.0523. The molecule has 15 heavy (non-hydrogen) atoms. The van der Waals surface area contributed by atoms with E-state index in [1.807, 2.05) is 0 Å². The van der Waals surface area contributed by atoms with E-state index in [0.717, 1.165) is 0 Å². The monoisotopic (exact) mass is 230 g/mol. The largest absolute Gasteiger partial charge is 0.484 e. The highest BCUT2D eigenvalue weighted by molar-refractivity contribution is 6.32. The lowest BCUT2D eigenvalue weighted by molar-refractivity contribution is -0.838. The van der Waals surface area contributed by atoms with E-state index in [-0.39, 0.29) is 11.5 Å². The van der Waals surface area contributed by atoms with Crippen LogP contribution in [0.3, 0.4) is 0 Å². The predicted octanol–water partition coefficient (Wildman–Crippen LogP) is 2.67. The Bertz CT molecular complexity index is 365. The van der Waals surface area contributed by atoms with Crippen molar-refractivity contribution in [1.29, 1.82) is 0 Å². The van der Waals surface area contributed by atoms with Gasteiger partial charge in [-0.2, -0.15) is 0 Å². The number of rotatable bonds is 4. The lowest BCUT2D eigenvalue weighted by Crippen LogP contribution is -2.38. The maximum atomic E-state index is 10.7.